The van der Waals surface area contributed by atoms with E-state index >= 15 is 0 Å². The van der Waals surface area contributed by atoms with Gasteiger partial charge in [-0.1, -0.05) is 12.1 Å². The molecule has 1 amide bonds. The van der Waals surface area contributed by atoms with Crippen LogP contribution in [0.25, 0.3) is 0 Å². The van der Waals surface area contributed by atoms with Crippen LogP contribution in [0.3, 0.4) is 0 Å². The standard InChI is InChI=1S/C22H26FN3O3/c1-2-29-22(28)12-11-21(27)24-19-5-3-4-6-20(19)26-15-13-25(14-16-26)18-9-7-17(23)8-10-18/h3-10H,2,11-16H2,1H3,(H,24,27). The van der Waals surface area contributed by atoms with Crippen molar-refractivity contribution in [3.63, 3.8) is 0 Å². The zero-order valence-electron chi connectivity index (χ0n) is 16.6. The number of carbonyl (C=O) groups excluding carboxylic acids is 2. The Kier molecular flexibility index (Phi) is 7.05. The molecule has 3 rings (SSSR count). The molecule has 154 valence electrons. The van der Waals surface area contributed by atoms with Crippen LogP contribution in [-0.2, 0) is 14.3 Å². The highest BCUT2D eigenvalue weighted by Gasteiger charge is 2.20. The third-order valence-electron chi connectivity index (χ3n) is 4.85. The Morgan fingerprint density at radius 2 is 1.62 bits per heavy atom. The first-order chi connectivity index (χ1) is 14.1. The monoisotopic (exact) mass is 399 g/mol. The molecule has 1 heterocycles. The molecule has 1 N–H and O–H groups in total. The minimum atomic E-state index is -0.368. The molecular formula is C22H26FN3O3. The molecule has 0 atom stereocenters. The van der Waals surface area contributed by atoms with Gasteiger partial charge >= 0.3 is 5.97 Å². The summed E-state index contributed by atoms with van der Waals surface area (Å²) in [5.74, 6) is -0.816. The fourth-order valence-electron chi connectivity index (χ4n) is 3.37. The van der Waals surface area contributed by atoms with Gasteiger partial charge in [-0.25, -0.2) is 4.39 Å². The van der Waals surface area contributed by atoms with Gasteiger partial charge in [0.15, 0.2) is 0 Å². The SMILES string of the molecule is CCOC(=O)CCC(=O)Nc1ccccc1N1CCN(c2ccc(F)cc2)CC1. The lowest BCUT2D eigenvalue weighted by Crippen LogP contribution is -2.46. The van der Waals surface area contributed by atoms with E-state index in [1.165, 1.54) is 12.1 Å². The van der Waals surface area contributed by atoms with Crippen LogP contribution in [0.5, 0.6) is 0 Å². The maximum absolute atomic E-state index is 13.1. The van der Waals surface area contributed by atoms with Crippen LogP contribution < -0.4 is 15.1 Å². The zero-order valence-corrected chi connectivity index (χ0v) is 16.6. The fourth-order valence-corrected chi connectivity index (χ4v) is 3.37. The number of esters is 1. The van der Waals surface area contributed by atoms with Gasteiger partial charge in [0.25, 0.3) is 0 Å². The summed E-state index contributed by atoms with van der Waals surface area (Å²) in [5.41, 5.74) is 2.69. The number of nitrogens with zero attached hydrogens (tertiary/aromatic N) is 2. The maximum Gasteiger partial charge on any atom is 0.306 e. The van der Waals surface area contributed by atoms with Gasteiger partial charge in [0.2, 0.25) is 5.91 Å². The van der Waals surface area contributed by atoms with Crippen LogP contribution in [0.1, 0.15) is 19.8 Å². The molecule has 2 aromatic carbocycles. The molecule has 1 aliphatic heterocycles. The summed E-state index contributed by atoms with van der Waals surface area (Å²) < 4.78 is 18.0. The number of hydrogen-bond donors (Lipinski definition) is 1. The average molecular weight is 399 g/mol. The van der Waals surface area contributed by atoms with E-state index in [0.717, 1.165) is 43.2 Å². The van der Waals surface area contributed by atoms with E-state index in [4.69, 9.17) is 4.74 Å². The first-order valence-electron chi connectivity index (χ1n) is 9.87. The second-order valence-corrected chi connectivity index (χ2v) is 6.82. The van der Waals surface area contributed by atoms with Gasteiger partial charge in [0.1, 0.15) is 5.82 Å². The molecule has 0 bridgehead atoms. The van der Waals surface area contributed by atoms with Crippen molar-refractivity contribution >= 4 is 28.9 Å². The molecule has 0 unspecified atom stereocenters. The molecule has 0 aromatic heterocycles. The minimum Gasteiger partial charge on any atom is -0.466 e. The topological polar surface area (TPSA) is 61.9 Å². The first kappa shape index (κ1) is 20.6. The van der Waals surface area contributed by atoms with E-state index in [2.05, 4.69) is 15.1 Å². The normalized spacial score (nSPS) is 13.9. The quantitative estimate of drug-likeness (QED) is 0.723. The summed E-state index contributed by atoms with van der Waals surface area (Å²) in [6.45, 7) is 5.23. The number of halogens is 1. The van der Waals surface area contributed by atoms with Gasteiger partial charge in [-0.3, -0.25) is 9.59 Å². The van der Waals surface area contributed by atoms with Crippen molar-refractivity contribution in [1.82, 2.24) is 0 Å². The van der Waals surface area contributed by atoms with Crippen molar-refractivity contribution in [2.45, 2.75) is 19.8 Å². The summed E-state index contributed by atoms with van der Waals surface area (Å²) in [6, 6.07) is 14.2. The molecule has 1 aliphatic rings. The Morgan fingerprint density at radius 3 is 2.31 bits per heavy atom. The van der Waals surface area contributed by atoms with E-state index in [1.807, 2.05) is 24.3 Å². The van der Waals surface area contributed by atoms with E-state index in [9.17, 15) is 14.0 Å². The first-order valence-corrected chi connectivity index (χ1v) is 9.87. The number of carbonyl (C=O) groups is 2. The third kappa shape index (κ3) is 5.70. The van der Waals surface area contributed by atoms with Gasteiger partial charge in [0, 0.05) is 38.3 Å². The van der Waals surface area contributed by atoms with E-state index in [-0.39, 0.29) is 30.5 Å². The molecule has 0 saturated carbocycles. The number of amides is 1. The third-order valence-corrected chi connectivity index (χ3v) is 4.85. The lowest BCUT2D eigenvalue weighted by atomic mass is 10.2. The van der Waals surface area contributed by atoms with Gasteiger partial charge in [0.05, 0.1) is 24.4 Å². The van der Waals surface area contributed by atoms with Crippen LogP contribution in [0.15, 0.2) is 48.5 Å². The van der Waals surface area contributed by atoms with Crippen LogP contribution in [0.2, 0.25) is 0 Å². The Balaban J connectivity index is 1.58. The summed E-state index contributed by atoms with van der Waals surface area (Å²) in [4.78, 5) is 28.1. The molecule has 0 spiro atoms. The van der Waals surface area contributed by atoms with E-state index in [1.54, 1.807) is 19.1 Å². The minimum absolute atomic E-state index is 0.0676. The average Bonchev–Trinajstić information content (AvgIpc) is 2.74. The molecule has 2 aromatic rings. The number of benzene rings is 2. The van der Waals surface area contributed by atoms with E-state index in [0.29, 0.717) is 6.61 Å². The predicted molar refractivity (Wildman–Crippen MR) is 112 cm³/mol. The molecule has 7 heteroatoms. The molecule has 1 fully saturated rings. The van der Waals surface area contributed by atoms with Crippen molar-refractivity contribution in [2.75, 3.05) is 47.9 Å². The highest BCUT2D eigenvalue weighted by atomic mass is 19.1. The lowest BCUT2D eigenvalue weighted by molar-refractivity contribution is -0.144. The fraction of sp³-hybridized carbons (Fsp3) is 0.364. The van der Waals surface area contributed by atoms with Gasteiger partial charge in [-0.15, -0.1) is 0 Å². The smallest absolute Gasteiger partial charge is 0.306 e. The summed E-state index contributed by atoms with van der Waals surface area (Å²) >= 11 is 0. The van der Waals surface area contributed by atoms with Gasteiger partial charge in [-0.05, 0) is 43.3 Å². The highest BCUT2D eigenvalue weighted by Crippen LogP contribution is 2.28. The number of hydrogen-bond acceptors (Lipinski definition) is 5. The lowest BCUT2D eigenvalue weighted by Gasteiger charge is -2.38. The molecule has 1 saturated heterocycles. The Labute approximate surface area is 170 Å². The largest absolute Gasteiger partial charge is 0.466 e. The summed E-state index contributed by atoms with van der Waals surface area (Å²) in [7, 11) is 0. The van der Waals surface area contributed by atoms with E-state index < -0.39 is 0 Å². The number of ether oxygens (including phenoxy) is 1. The predicted octanol–water partition coefficient (Wildman–Crippen LogP) is 3.43. The second kappa shape index (κ2) is 9.91. The molecular weight excluding hydrogens is 373 g/mol. The van der Waals surface area contributed by atoms with Crippen LogP contribution in [-0.4, -0.2) is 44.7 Å². The molecule has 0 radical (unpaired) electrons. The van der Waals surface area contributed by atoms with Crippen molar-refractivity contribution in [3.8, 4) is 0 Å². The van der Waals surface area contributed by atoms with Gasteiger partial charge in [-0.2, -0.15) is 0 Å². The molecule has 29 heavy (non-hydrogen) atoms. The number of para-hydroxylation sites is 2. The number of nitrogens with one attached hydrogen (secondary N) is 1. The van der Waals surface area contributed by atoms with Crippen LogP contribution >= 0.6 is 0 Å². The Bertz CT molecular complexity index is 833. The van der Waals surface area contributed by atoms with Crippen LogP contribution in [0.4, 0.5) is 21.5 Å². The van der Waals surface area contributed by atoms with Crippen molar-refractivity contribution in [3.05, 3.63) is 54.3 Å². The van der Waals surface area contributed by atoms with Crippen molar-refractivity contribution < 1.29 is 18.7 Å². The number of rotatable bonds is 7. The second-order valence-electron chi connectivity index (χ2n) is 6.82. The number of anilines is 3. The molecule has 0 aliphatic carbocycles. The van der Waals surface area contributed by atoms with Gasteiger partial charge < -0.3 is 19.9 Å². The molecule has 6 nitrogen and oxygen atoms in total. The Morgan fingerprint density at radius 1 is 0.966 bits per heavy atom. The summed E-state index contributed by atoms with van der Waals surface area (Å²) in [5, 5.41) is 2.91. The summed E-state index contributed by atoms with van der Waals surface area (Å²) in [6.07, 6.45) is 0.156. The van der Waals surface area contributed by atoms with Crippen LogP contribution in [0, 0.1) is 5.82 Å². The maximum atomic E-state index is 13.1. The highest BCUT2D eigenvalue weighted by molar-refractivity contribution is 5.95. The van der Waals surface area contributed by atoms with Crippen molar-refractivity contribution in [1.29, 1.82) is 0 Å². The Hall–Kier alpha value is -3.09. The zero-order chi connectivity index (χ0) is 20.6. The van der Waals surface area contributed by atoms with Crippen molar-refractivity contribution in [2.24, 2.45) is 0 Å². The number of piperazine rings is 1.